The summed E-state index contributed by atoms with van der Waals surface area (Å²) in [5, 5.41) is 3.52. The first-order valence-electron chi connectivity index (χ1n) is 7.40. The fourth-order valence-electron chi connectivity index (χ4n) is 2.39. The van der Waals surface area contributed by atoms with Crippen LogP contribution in [0.25, 0.3) is 0 Å². The minimum atomic E-state index is -0.929. The summed E-state index contributed by atoms with van der Waals surface area (Å²) in [7, 11) is 0. The lowest BCUT2D eigenvalue weighted by Gasteiger charge is -2.30. The van der Waals surface area contributed by atoms with Crippen LogP contribution in [0.3, 0.4) is 0 Å². The number of carbonyl (C=O) groups is 2. The molecular formula is C17H17NO4S. The van der Waals surface area contributed by atoms with Gasteiger partial charge in [0.05, 0.1) is 18.8 Å². The summed E-state index contributed by atoms with van der Waals surface area (Å²) < 4.78 is 10.8. The molecule has 1 aliphatic rings. The second kappa shape index (κ2) is 7.39. The number of amides is 1. The molecule has 3 rings (SSSR count). The van der Waals surface area contributed by atoms with E-state index in [1.165, 1.54) is 11.3 Å². The van der Waals surface area contributed by atoms with Gasteiger partial charge in [-0.25, -0.2) is 4.79 Å². The normalized spacial score (nSPS) is 15.9. The highest BCUT2D eigenvalue weighted by Crippen LogP contribution is 2.23. The van der Waals surface area contributed by atoms with Gasteiger partial charge in [-0.1, -0.05) is 30.3 Å². The van der Waals surface area contributed by atoms with Crippen molar-refractivity contribution in [2.45, 2.75) is 6.10 Å². The molecule has 0 radical (unpaired) electrons. The number of rotatable bonds is 4. The molecule has 1 unspecified atom stereocenters. The fourth-order valence-corrected chi connectivity index (χ4v) is 3.02. The molecule has 120 valence electrons. The van der Waals surface area contributed by atoms with Gasteiger partial charge in [-0.05, 0) is 11.4 Å². The van der Waals surface area contributed by atoms with E-state index in [1.807, 2.05) is 18.2 Å². The van der Waals surface area contributed by atoms with Crippen LogP contribution in [-0.2, 0) is 14.3 Å². The zero-order chi connectivity index (χ0) is 16.1. The molecule has 5 nitrogen and oxygen atoms in total. The van der Waals surface area contributed by atoms with Crippen molar-refractivity contribution in [2.24, 2.45) is 0 Å². The van der Waals surface area contributed by atoms with E-state index in [9.17, 15) is 9.59 Å². The Kier molecular flexibility index (Phi) is 5.05. The lowest BCUT2D eigenvalue weighted by atomic mass is 10.1. The number of carbonyl (C=O) groups excluding carboxylic acids is 2. The van der Waals surface area contributed by atoms with E-state index < -0.39 is 12.1 Å². The molecule has 2 aromatic rings. The highest BCUT2D eigenvalue weighted by Gasteiger charge is 2.30. The van der Waals surface area contributed by atoms with Crippen molar-refractivity contribution < 1.29 is 19.1 Å². The quantitative estimate of drug-likeness (QED) is 0.808. The van der Waals surface area contributed by atoms with E-state index in [0.717, 1.165) is 0 Å². The van der Waals surface area contributed by atoms with Crippen molar-refractivity contribution in [1.82, 2.24) is 4.90 Å². The third-order valence-electron chi connectivity index (χ3n) is 3.63. The Balaban J connectivity index is 1.81. The lowest BCUT2D eigenvalue weighted by Crippen LogP contribution is -2.44. The van der Waals surface area contributed by atoms with Crippen LogP contribution in [0.5, 0.6) is 0 Å². The maximum Gasteiger partial charge on any atom is 0.340 e. The average Bonchev–Trinajstić information content (AvgIpc) is 3.15. The monoisotopic (exact) mass is 331 g/mol. The van der Waals surface area contributed by atoms with Crippen molar-refractivity contribution in [3.8, 4) is 0 Å². The second-order valence-electron chi connectivity index (χ2n) is 5.15. The van der Waals surface area contributed by atoms with Gasteiger partial charge < -0.3 is 14.4 Å². The molecule has 1 amide bonds. The largest absolute Gasteiger partial charge is 0.444 e. The van der Waals surface area contributed by atoms with Gasteiger partial charge in [-0.2, -0.15) is 11.3 Å². The molecule has 0 aliphatic carbocycles. The maximum absolute atomic E-state index is 12.8. The molecule has 0 saturated carbocycles. The predicted molar refractivity (Wildman–Crippen MR) is 86.3 cm³/mol. The summed E-state index contributed by atoms with van der Waals surface area (Å²) >= 11 is 1.41. The van der Waals surface area contributed by atoms with Crippen LogP contribution in [0.4, 0.5) is 0 Å². The van der Waals surface area contributed by atoms with Gasteiger partial charge >= 0.3 is 5.97 Å². The van der Waals surface area contributed by atoms with Crippen molar-refractivity contribution in [1.29, 1.82) is 0 Å². The Labute approximate surface area is 138 Å². The van der Waals surface area contributed by atoms with Gasteiger partial charge in [-0.3, -0.25) is 4.79 Å². The molecule has 1 aromatic carbocycles. The zero-order valence-corrected chi connectivity index (χ0v) is 13.3. The molecule has 1 aromatic heterocycles. The number of benzene rings is 1. The van der Waals surface area contributed by atoms with E-state index in [2.05, 4.69) is 0 Å². The predicted octanol–water partition coefficient (Wildman–Crippen LogP) is 2.51. The smallest absolute Gasteiger partial charge is 0.340 e. The Morgan fingerprint density at radius 3 is 2.52 bits per heavy atom. The van der Waals surface area contributed by atoms with Crippen LogP contribution >= 0.6 is 11.3 Å². The highest BCUT2D eigenvalue weighted by atomic mass is 32.1. The van der Waals surface area contributed by atoms with E-state index in [4.69, 9.17) is 9.47 Å². The van der Waals surface area contributed by atoms with Crippen LogP contribution in [0, 0.1) is 0 Å². The van der Waals surface area contributed by atoms with E-state index in [-0.39, 0.29) is 5.91 Å². The number of morpholine rings is 1. The van der Waals surface area contributed by atoms with Crippen molar-refractivity contribution in [3.63, 3.8) is 0 Å². The number of hydrogen-bond donors (Lipinski definition) is 0. The van der Waals surface area contributed by atoms with Crippen molar-refractivity contribution in [3.05, 3.63) is 58.3 Å². The van der Waals surface area contributed by atoms with E-state index in [1.54, 1.807) is 33.9 Å². The molecule has 0 N–H and O–H groups in total. The second-order valence-corrected chi connectivity index (χ2v) is 5.93. The third kappa shape index (κ3) is 3.78. The van der Waals surface area contributed by atoms with Gasteiger partial charge in [0, 0.05) is 24.0 Å². The lowest BCUT2D eigenvalue weighted by molar-refractivity contribution is -0.145. The Morgan fingerprint density at radius 2 is 1.87 bits per heavy atom. The first-order chi connectivity index (χ1) is 11.3. The van der Waals surface area contributed by atoms with Gasteiger partial charge in [0.25, 0.3) is 5.91 Å². The molecule has 1 saturated heterocycles. The standard InChI is InChI=1S/C17H17NO4S/c19-16(18-7-9-21-10-8-18)15(13-4-2-1-3-5-13)22-17(20)14-6-11-23-12-14/h1-6,11-12,15H,7-10H2. The average molecular weight is 331 g/mol. The summed E-state index contributed by atoms with van der Waals surface area (Å²) in [5.41, 5.74) is 1.14. The Hall–Kier alpha value is -2.18. The highest BCUT2D eigenvalue weighted by molar-refractivity contribution is 7.08. The molecule has 0 bridgehead atoms. The molecule has 1 atom stereocenters. The Bertz CT molecular complexity index is 650. The number of nitrogens with zero attached hydrogens (tertiary/aromatic N) is 1. The fraction of sp³-hybridized carbons (Fsp3) is 0.294. The minimum Gasteiger partial charge on any atom is -0.444 e. The zero-order valence-electron chi connectivity index (χ0n) is 12.5. The van der Waals surface area contributed by atoms with Gasteiger partial charge in [0.15, 0.2) is 0 Å². The minimum absolute atomic E-state index is 0.205. The van der Waals surface area contributed by atoms with Crippen LogP contribution in [0.15, 0.2) is 47.2 Å². The molecular weight excluding hydrogens is 314 g/mol. The van der Waals surface area contributed by atoms with Gasteiger partial charge in [0.1, 0.15) is 0 Å². The first kappa shape index (κ1) is 15.7. The van der Waals surface area contributed by atoms with Crippen molar-refractivity contribution >= 4 is 23.2 Å². The number of esters is 1. The molecule has 6 heteroatoms. The number of ether oxygens (including phenoxy) is 2. The van der Waals surface area contributed by atoms with Crippen LogP contribution in [-0.4, -0.2) is 43.1 Å². The number of thiophene rings is 1. The van der Waals surface area contributed by atoms with Gasteiger partial charge in [-0.15, -0.1) is 0 Å². The third-order valence-corrected chi connectivity index (χ3v) is 4.31. The summed E-state index contributed by atoms with van der Waals surface area (Å²) in [6.07, 6.45) is -0.929. The Morgan fingerprint density at radius 1 is 1.13 bits per heavy atom. The van der Waals surface area contributed by atoms with Gasteiger partial charge in [0.2, 0.25) is 6.10 Å². The summed E-state index contributed by atoms with van der Waals surface area (Å²) in [4.78, 5) is 26.7. The molecule has 23 heavy (non-hydrogen) atoms. The topological polar surface area (TPSA) is 55.8 Å². The molecule has 1 aliphatic heterocycles. The summed E-state index contributed by atoms with van der Waals surface area (Å²) in [6, 6.07) is 10.8. The molecule has 2 heterocycles. The van der Waals surface area contributed by atoms with E-state index in [0.29, 0.717) is 37.4 Å². The van der Waals surface area contributed by atoms with E-state index >= 15 is 0 Å². The molecule has 0 spiro atoms. The summed E-state index contributed by atoms with van der Waals surface area (Å²) in [5.74, 6) is -0.690. The first-order valence-corrected chi connectivity index (χ1v) is 8.34. The number of hydrogen-bond acceptors (Lipinski definition) is 5. The van der Waals surface area contributed by atoms with Crippen LogP contribution in [0.1, 0.15) is 22.0 Å². The SMILES string of the molecule is O=C(OC(C(=O)N1CCOCC1)c1ccccc1)c1ccsc1. The summed E-state index contributed by atoms with van der Waals surface area (Å²) in [6.45, 7) is 2.04. The van der Waals surface area contributed by atoms with Crippen LogP contribution in [0.2, 0.25) is 0 Å². The maximum atomic E-state index is 12.8. The molecule has 1 fully saturated rings. The van der Waals surface area contributed by atoms with Crippen molar-refractivity contribution in [2.75, 3.05) is 26.3 Å². The van der Waals surface area contributed by atoms with Crippen LogP contribution < -0.4 is 0 Å².